The molecule has 4 nitrogen and oxygen atoms in total. The third-order valence-electron chi connectivity index (χ3n) is 5.33. The van der Waals surface area contributed by atoms with Gasteiger partial charge < -0.3 is 9.64 Å². The zero-order valence-electron chi connectivity index (χ0n) is 13.6. The zero-order chi connectivity index (χ0) is 14.7. The van der Waals surface area contributed by atoms with Crippen molar-refractivity contribution < 1.29 is 4.74 Å². The highest BCUT2D eigenvalue weighted by atomic mass is 16.5. The highest BCUT2D eigenvalue weighted by Crippen LogP contribution is 2.36. The second-order valence-electron chi connectivity index (χ2n) is 6.83. The van der Waals surface area contributed by atoms with Gasteiger partial charge in [-0.25, -0.2) is 0 Å². The lowest BCUT2D eigenvalue weighted by Gasteiger charge is -2.45. The number of nitrogens with zero attached hydrogens (tertiary/aromatic N) is 3. The van der Waals surface area contributed by atoms with Gasteiger partial charge in [-0.2, -0.15) is 5.10 Å². The van der Waals surface area contributed by atoms with Crippen molar-refractivity contribution in [3.05, 3.63) is 18.0 Å². The largest absolute Gasteiger partial charge is 0.377 e. The van der Waals surface area contributed by atoms with Crippen molar-refractivity contribution in [3.8, 4) is 0 Å². The molecule has 0 N–H and O–H groups in total. The summed E-state index contributed by atoms with van der Waals surface area (Å²) in [6.07, 6.45) is 12.9. The number of hydrogen-bond acceptors (Lipinski definition) is 3. The molecule has 2 heterocycles. The maximum Gasteiger partial charge on any atom is 0.0805 e. The molecule has 118 valence electrons. The normalized spacial score (nSPS) is 23.1. The van der Waals surface area contributed by atoms with Crippen molar-refractivity contribution in [2.24, 2.45) is 0 Å². The van der Waals surface area contributed by atoms with Gasteiger partial charge in [0.05, 0.1) is 17.8 Å². The Morgan fingerprint density at radius 3 is 2.67 bits per heavy atom. The molecule has 1 aliphatic heterocycles. The van der Waals surface area contributed by atoms with E-state index in [1.165, 1.54) is 57.2 Å². The van der Waals surface area contributed by atoms with Crippen LogP contribution in [0.5, 0.6) is 0 Å². The van der Waals surface area contributed by atoms with Gasteiger partial charge in [-0.1, -0.05) is 13.3 Å². The predicted molar refractivity (Wildman–Crippen MR) is 84.5 cm³/mol. The Hall–Kier alpha value is -0.870. The topological polar surface area (TPSA) is 30.3 Å². The van der Waals surface area contributed by atoms with E-state index in [1.54, 1.807) is 0 Å². The summed E-state index contributed by atoms with van der Waals surface area (Å²) in [4.78, 5) is 2.59. The maximum atomic E-state index is 5.76. The lowest BCUT2D eigenvalue weighted by Crippen LogP contribution is -2.51. The summed E-state index contributed by atoms with van der Waals surface area (Å²) in [5.41, 5.74) is 1.56. The molecule has 1 aromatic rings. The van der Waals surface area contributed by atoms with Crippen molar-refractivity contribution in [2.75, 3.05) is 26.7 Å². The molecule has 4 heteroatoms. The van der Waals surface area contributed by atoms with E-state index in [1.807, 2.05) is 13.3 Å². The highest BCUT2D eigenvalue weighted by molar-refractivity contribution is 5.04. The molecule has 0 bridgehead atoms. The molecule has 0 aromatic carbocycles. The van der Waals surface area contributed by atoms with Crippen molar-refractivity contribution in [3.63, 3.8) is 0 Å². The van der Waals surface area contributed by atoms with Crippen LogP contribution in [-0.4, -0.2) is 47.0 Å². The molecule has 2 fully saturated rings. The van der Waals surface area contributed by atoms with E-state index >= 15 is 0 Å². The highest BCUT2D eigenvalue weighted by Gasteiger charge is 2.39. The van der Waals surface area contributed by atoms with Crippen molar-refractivity contribution in [1.29, 1.82) is 0 Å². The van der Waals surface area contributed by atoms with E-state index in [0.717, 1.165) is 13.0 Å². The van der Waals surface area contributed by atoms with E-state index in [0.29, 0.717) is 6.04 Å². The van der Waals surface area contributed by atoms with Gasteiger partial charge in [0.1, 0.15) is 0 Å². The van der Waals surface area contributed by atoms with Gasteiger partial charge in [0.15, 0.2) is 0 Å². The van der Waals surface area contributed by atoms with Gasteiger partial charge in [0.25, 0.3) is 0 Å². The Bertz CT molecular complexity index is 439. The molecule has 0 unspecified atom stereocenters. The van der Waals surface area contributed by atoms with E-state index < -0.39 is 0 Å². The van der Waals surface area contributed by atoms with Gasteiger partial charge in [-0.15, -0.1) is 0 Å². The molecule has 1 saturated carbocycles. The number of methoxy groups -OCH3 is 1. The fourth-order valence-electron chi connectivity index (χ4n) is 3.74. The molecule has 1 aromatic heterocycles. The molecule has 0 atom stereocenters. The molecule has 3 rings (SSSR count). The second kappa shape index (κ2) is 6.49. The number of aryl methyl sites for hydroxylation is 1. The molecular formula is C17H29N3O. The number of aromatic nitrogens is 2. The summed E-state index contributed by atoms with van der Waals surface area (Å²) in [7, 11) is 1.88. The van der Waals surface area contributed by atoms with E-state index in [4.69, 9.17) is 4.74 Å². The molecule has 1 aliphatic carbocycles. The number of hydrogen-bond donors (Lipinski definition) is 0. The SMILES string of the molecule is CCCc1cnn(C2CCN(CC3(OC)CCC3)CC2)c1. The van der Waals surface area contributed by atoms with Crippen LogP contribution in [0.25, 0.3) is 0 Å². The van der Waals surface area contributed by atoms with Gasteiger partial charge in [0.2, 0.25) is 0 Å². The third-order valence-corrected chi connectivity index (χ3v) is 5.33. The molecule has 1 saturated heterocycles. The molecule has 0 radical (unpaired) electrons. The van der Waals surface area contributed by atoms with Crippen LogP contribution >= 0.6 is 0 Å². The molecule has 21 heavy (non-hydrogen) atoms. The lowest BCUT2D eigenvalue weighted by molar-refractivity contribution is -0.0947. The molecular weight excluding hydrogens is 262 g/mol. The zero-order valence-corrected chi connectivity index (χ0v) is 13.6. The predicted octanol–water partition coefficient (Wildman–Crippen LogP) is 3.04. The average Bonchev–Trinajstić information content (AvgIpc) is 2.93. The van der Waals surface area contributed by atoms with Crippen LogP contribution in [0, 0.1) is 0 Å². The number of rotatable bonds is 6. The van der Waals surface area contributed by atoms with Crippen LogP contribution in [0.2, 0.25) is 0 Å². The van der Waals surface area contributed by atoms with Crippen molar-refractivity contribution >= 4 is 0 Å². The quantitative estimate of drug-likeness (QED) is 0.807. The average molecular weight is 291 g/mol. The summed E-state index contributed by atoms with van der Waals surface area (Å²) < 4.78 is 7.97. The summed E-state index contributed by atoms with van der Waals surface area (Å²) in [5.74, 6) is 0. The van der Waals surface area contributed by atoms with Crippen LogP contribution in [0.4, 0.5) is 0 Å². The van der Waals surface area contributed by atoms with Crippen molar-refractivity contribution in [1.82, 2.24) is 14.7 Å². The van der Waals surface area contributed by atoms with Crippen LogP contribution < -0.4 is 0 Å². The van der Waals surface area contributed by atoms with E-state index in [-0.39, 0.29) is 5.60 Å². The fraction of sp³-hybridized carbons (Fsp3) is 0.824. The Labute approximate surface area is 128 Å². The van der Waals surface area contributed by atoms with Crippen LogP contribution in [0.1, 0.15) is 57.1 Å². The minimum Gasteiger partial charge on any atom is -0.377 e. The van der Waals surface area contributed by atoms with Crippen LogP contribution in [0.3, 0.4) is 0 Å². The van der Waals surface area contributed by atoms with E-state index in [2.05, 4.69) is 27.8 Å². The van der Waals surface area contributed by atoms with Gasteiger partial charge in [-0.05, 0) is 44.1 Å². The molecule has 0 spiro atoms. The Morgan fingerprint density at radius 2 is 2.10 bits per heavy atom. The maximum absolute atomic E-state index is 5.76. The standard InChI is InChI=1S/C17H29N3O/c1-3-5-15-12-18-20(13-15)16-6-10-19(11-7-16)14-17(21-2)8-4-9-17/h12-13,16H,3-11,14H2,1-2H3. The summed E-state index contributed by atoms with van der Waals surface area (Å²) in [6, 6.07) is 0.590. The smallest absolute Gasteiger partial charge is 0.0805 e. The fourth-order valence-corrected chi connectivity index (χ4v) is 3.74. The Morgan fingerprint density at radius 1 is 1.33 bits per heavy atom. The van der Waals surface area contributed by atoms with Gasteiger partial charge in [0, 0.05) is 32.9 Å². The number of likely N-dealkylation sites (tertiary alicyclic amines) is 1. The monoisotopic (exact) mass is 291 g/mol. The summed E-state index contributed by atoms with van der Waals surface area (Å²) in [6.45, 7) is 5.70. The van der Waals surface area contributed by atoms with E-state index in [9.17, 15) is 0 Å². The Kier molecular flexibility index (Phi) is 4.65. The number of ether oxygens (including phenoxy) is 1. The minimum atomic E-state index is 0.173. The van der Waals surface area contributed by atoms with Crippen LogP contribution in [-0.2, 0) is 11.2 Å². The first-order chi connectivity index (χ1) is 10.2. The molecule has 0 amide bonds. The Balaban J connectivity index is 1.50. The van der Waals surface area contributed by atoms with Gasteiger partial charge in [-0.3, -0.25) is 4.68 Å². The first-order valence-corrected chi connectivity index (χ1v) is 8.55. The third kappa shape index (κ3) is 3.32. The molecule has 2 aliphatic rings. The van der Waals surface area contributed by atoms with Gasteiger partial charge >= 0.3 is 0 Å². The first kappa shape index (κ1) is 15.0. The minimum absolute atomic E-state index is 0.173. The summed E-state index contributed by atoms with van der Waals surface area (Å²) >= 11 is 0. The lowest BCUT2D eigenvalue weighted by atomic mass is 9.79. The van der Waals surface area contributed by atoms with Crippen molar-refractivity contribution in [2.45, 2.75) is 63.5 Å². The second-order valence-corrected chi connectivity index (χ2v) is 6.83. The van der Waals surface area contributed by atoms with Crippen LogP contribution in [0.15, 0.2) is 12.4 Å². The summed E-state index contributed by atoms with van der Waals surface area (Å²) in [5, 5.41) is 4.58. The first-order valence-electron chi connectivity index (χ1n) is 8.55. The number of piperidine rings is 1.